The van der Waals surface area contributed by atoms with Crippen LogP contribution in [0.1, 0.15) is 12.0 Å². The SMILES string of the molecule is CN=C(NCc1ccc(N(C)C)nc1)NC1CCN(c2cccc(Cl)c2)C1. The highest BCUT2D eigenvalue weighted by Crippen LogP contribution is 2.23. The highest BCUT2D eigenvalue weighted by atomic mass is 35.5. The van der Waals surface area contributed by atoms with Gasteiger partial charge in [-0.3, -0.25) is 4.99 Å². The molecule has 27 heavy (non-hydrogen) atoms. The lowest BCUT2D eigenvalue weighted by atomic mass is 10.2. The lowest BCUT2D eigenvalue weighted by molar-refractivity contribution is 0.648. The standard InChI is InChI=1S/C20H27ClN6/c1-22-20(24-13-15-7-8-19(23-12-15)26(2)3)25-17-9-10-27(14-17)18-6-4-5-16(21)11-18/h4-8,11-12,17H,9-10,13-14H2,1-3H3,(H2,22,24,25). The van der Waals surface area contributed by atoms with E-state index in [9.17, 15) is 0 Å². The Kier molecular flexibility index (Phi) is 6.40. The molecule has 1 aromatic heterocycles. The number of aliphatic imine (C=N–C) groups is 1. The summed E-state index contributed by atoms with van der Waals surface area (Å²) in [6.07, 6.45) is 2.96. The van der Waals surface area contributed by atoms with Crippen molar-refractivity contribution in [1.82, 2.24) is 15.6 Å². The fraction of sp³-hybridized carbons (Fsp3) is 0.400. The maximum absolute atomic E-state index is 6.11. The molecule has 2 aromatic rings. The van der Waals surface area contributed by atoms with E-state index in [-0.39, 0.29) is 0 Å². The van der Waals surface area contributed by atoms with Gasteiger partial charge in [0.1, 0.15) is 5.82 Å². The van der Waals surface area contributed by atoms with Crippen LogP contribution in [0.15, 0.2) is 47.6 Å². The second-order valence-electron chi connectivity index (χ2n) is 6.90. The van der Waals surface area contributed by atoms with Crippen molar-refractivity contribution >= 4 is 29.1 Å². The third-order valence-corrected chi connectivity index (χ3v) is 4.89. The van der Waals surface area contributed by atoms with Crippen LogP contribution in [0.3, 0.4) is 0 Å². The molecule has 0 aliphatic carbocycles. The molecule has 1 aliphatic rings. The summed E-state index contributed by atoms with van der Waals surface area (Å²) in [7, 11) is 5.77. The summed E-state index contributed by atoms with van der Waals surface area (Å²) in [5, 5.41) is 7.66. The van der Waals surface area contributed by atoms with Gasteiger partial charge in [-0.1, -0.05) is 23.7 Å². The zero-order valence-corrected chi connectivity index (χ0v) is 16.9. The van der Waals surface area contributed by atoms with E-state index in [1.165, 1.54) is 5.69 Å². The topological polar surface area (TPSA) is 55.8 Å². The zero-order valence-electron chi connectivity index (χ0n) is 16.1. The van der Waals surface area contributed by atoms with Gasteiger partial charge in [0, 0.05) is 63.7 Å². The second-order valence-corrected chi connectivity index (χ2v) is 7.34. The third kappa shape index (κ3) is 5.26. The average molecular weight is 387 g/mol. The monoisotopic (exact) mass is 386 g/mol. The van der Waals surface area contributed by atoms with Crippen LogP contribution in [0.25, 0.3) is 0 Å². The van der Waals surface area contributed by atoms with E-state index in [2.05, 4.69) is 37.6 Å². The number of guanidine groups is 1. The molecule has 2 N–H and O–H groups in total. The van der Waals surface area contributed by atoms with Gasteiger partial charge in [-0.05, 0) is 36.2 Å². The summed E-state index contributed by atoms with van der Waals surface area (Å²) in [5.74, 6) is 1.76. The predicted molar refractivity (Wildman–Crippen MR) is 114 cm³/mol. The minimum absolute atomic E-state index is 0.351. The van der Waals surface area contributed by atoms with Crippen molar-refractivity contribution in [2.45, 2.75) is 19.0 Å². The Morgan fingerprint density at radius 2 is 2.19 bits per heavy atom. The maximum Gasteiger partial charge on any atom is 0.191 e. The summed E-state index contributed by atoms with van der Waals surface area (Å²) >= 11 is 6.11. The van der Waals surface area contributed by atoms with E-state index in [1.807, 2.05) is 49.5 Å². The fourth-order valence-electron chi connectivity index (χ4n) is 3.14. The normalized spacial score (nSPS) is 17.1. The van der Waals surface area contributed by atoms with Crippen LogP contribution in [0.4, 0.5) is 11.5 Å². The summed E-state index contributed by atoms with van der Waals surface area (Å²) in [4.78, 5) is 13.1. The first-order chi connectivity index (χ1) is 13.0. The van der Waals surface area contributed by atoms with Crippen molar-refractivity contribution in [3.63, 3.8) is 0 Å². The zero-order chi connectivity index (χ0) is 19.2. The van der Waals surface area contributed by atoms with Crippen LogP contribution in [-0.4, -0.2) is 51.2 Å². The Bertz CT molecular complexity index is 774. The number of aromatic nitrogens is 1. The lowest BCUT2D eigenvalue weighted by Gasteiger charge is -2.20. The van der Waals surface area contributed by atoms with Gasteiger partial charge in [-0.15, -0.1) is 0 Å². The molecular formula is C20H27ClN6. The van der Waals surface area contributed by atoms with E-state index >= 15 is 0 Å². The number of rotatable bonds is 5. The van der Waals surface area contributed by atoms with Crippen molar-refractivity contribution in [1.29, 1.82) is 0 Å². The summed E-state index contributed by atoms with van der Waals surface area (Å²) in [6.45, 7) is 2.62. The Morgan fingerprint density at radius 1 is 1.33 bits per heavy atom. The van der Waals surface area contributed by atoms with Gasteiger partial charge in [0.2, 0.25) is 0 Å². The average Bonchev–Trinajstić information content (AvgIpc) is 3.14. The van der Waals surface area contributed by atoms with E-state index in [4.69, 9.17) is 11.6 Å². The van der Waals surface area contributed by atoms with E-state index in [1.54, 1.807) is 7.05 Å². The molecular weight excluding hydrogens is 360 g/mol. The minimum Gasteiger partial charge on any atom is -0.369 e. The molecule has 0 amide bonds. The Hall–Kier alpha value is -2.47. The number of nitrogens with zero attached hydrogens (tertiary/aromatic N) is 4. The molecule has 0 bridgehead atoms. The van der Waals surface area contributed by atoms with Gasteiger partial charge in [0.25, 0.3) is 0 Å². The summed E-state index contributed by atoms with van der Waals surface area (Å²) < 4.78 is 0. The molecule has 1 atom stereocenters. The molecule has 1 aromatic carbocycles. The van der Waals surface area contributed by atoms with Crippen LogP contribution < -0.4 is 20.4 Å². The molecule has 3 rings (SSSR count). The highest BCUT2D eigenvalue weighted by Gasteiger charge is 2.23. The summed E-state index contributed by atoms with van der Waals surface area (Å²) in [6, 6.07) is 12.5. The molecule has 0 radical (unpaired) electrons. The number of benzene rings is 1. The Labute approximate surface area is 166 Å². The number of hydrogen-bond donors (Lipinski definition) is 2. The number of halogens is 1. The third-order valence-electron chi connectivity index (χ3n) is 4.65. The number of pyridine rings is 1. The van der Waals surface area contributed by atoms with E-state index in [0.717, 1.165) is 41.9 Å². The van der Waals surface area contributed by atoms with Crippen molar-refractivity contribution in [3.05, 3.63) is 53.2 Å². The quantitative estimate of drug-likeness (QED) is 0.611. The number of anilines is 2. The first kappa shape index (κ1) is 19.3. The van der Waals surface area contributed by atoms with Crippen LogP contribution in [0.5, 0.6) is 0 Å². The van der Waals surface area contributed by atoms with Crippen molar-refractivity contribution in [2.75, 3.05) is 44.0 Å². The largest absolute Gasteiger partial charge is 0.369 e. The van der Waals surface area contributed by atoms with Crippen LogP contribution >= 0.6 is 11.6 Å². The van der Waals surface area contributed by atoms with E-state index < -0.39 is 0 Å². The van der Waals surface area contributed by atoms with Crippen molar-refractivity contribution in [2.24, 2.45) is 4.99 Å². The van der Waals surface area contributed by atoms with Gasteiger partial charge in [-0.25, -0.2) is 4.98 Å². The molecule has 1 unspecified atom stereocenters. The number of hydrogen-bond acceptors (Lipinski definition) is 4. The molecule has 7 heteroatoms. The fourth-order valence-corrected chi connectivity index (χ4v) is 3.33. The van der Waals surface area contributed by atoms with Crippen LogP contribution in [-0.2, 0) is 6.54 Å². The maximum atomic E-state index is 6.11. The molecule has 6 nitrogen and oxygen atoms in total. The van der Waals surface area contributed by atoms with Crippen molar-refractivity contribution < 1.29 is 0 Å². The predicted octanol–water partition coefficient (Wildman–Crippen LogP) is 2.74. The molecule has 2 heterocycles. The molecule has 0 spiro atoms. The van der Waals surface area contributed by atoms with Gasteiger partial charge in [0.05, 0.1) is 0 Å². The van der Waals surface area contributed by atoms with Gasteiger partial charge in [0.15, 0.2) is 5.96 Å². The van der Waals surface area contributed by atoms with Crippen molar-refractivity contribution in [3.8, 4) is 0 Å². The van der Waals surface area contributed by atoms with Crippen LogP contribution in [0, 0.1) is 0 Å². The van der Waals surface area contributed by atoms with Gasteiger partial charge < -0.3 is 20.4 Å². The molecule has 1 aliphatic heterocycles. The molecule has 1 saturated heterocycles. The summed E-state index contributed by atoms with van der Waals surface area (Å²) in [5.41, 5.74) is 2.29. The number of nitrogens with one attached hydrogen (secondary N) is 2. The van der Waals surface area contributed by atoms with E-state index in [0.29, 0.717) is 12.6 Å². The Morgan fingerprint density at radius 3 is 2.85 bits per heavy atom. The first-order valence-electron chi connectivity index (χ1n) is 9.15. The molecule has 1 fully saturated rings. The lowest BCUT2D eigenvalue weighted by Crippen LogP contribution is -2.44. The van der Waals surface area contributed by atoms with Crippen LogP contribution in [0.2, 0.25) is 5.02 Å². The minimum atomic E-state index is 0.351. The Balaban J connectivity index is 1.50. The highest BCUT2D eigenvalue weighted by molar-refractivity contribution is 6.30. The molecule has 144 valence electrons. The van der Waals surface area contributed by atoms with Gasteiger partial charge in [-0.2, -0.15) is 0 Å². The molecule has 0 saturated carbocycles. The first-order valence-corrected chi connectivity index (χ1v) is 9.53. The second kappa shape index (κ2) is 8.95. The smallest absolute Gasteiger partial charge is 0.191 e. The van der Waals surface area contributed by atoms with Gasteiger partial charge >= 0.3 is 0 Å².